The van der Waals surface area contributed by atoms with Gasteiger partial charge in [-0.05, 0) is 23.8 Å². The summed E-state index contributed by atoms with van der Waals surface area (Å²) in [5.74, 6) is -1.89. The number of halogens is 1. The van der Waals surface area contributed by atoms with Crippen molar-refractivity contribution in [3.05, 3.63) is 46.6 Å². The number of carbonyl (C=O) groups is 1. The van der Waals surface area contributed by atoms with Crippen LogP contribution in [0.2, 0.25) is 0 Å². The minimum atomic E-state index is -1.08. The first-order valence-electron chi connectivity index (χ1n) is 5.23. The van der Waals surface area contributed by atoms with Crippen LogP contribution < -0.4 is 5.01 Å². The summed E-state index contributed by atoms with van der Waals surface area (Å²) < 4.78 is 13.2. The quantitative estimate of drug-likeness (QED) is 0.497. The third-order valence-corrected chi connectivity index (χ3v) is 2.48. The van der Waals surface area contributed by atoms with Crippen LogP contribution in [0.1, 0.15) is 18.4 Å². The van der Waals surface area contributed by atoms with E-state index in [9.17, 15) is 14.1 Å². The second kappa shape index (κ2) is 5.90. The molecule has 1 aromatic rings. The third-order valence-electron chi connectivity index (χ3n) is 2.48. The van der Waals surface area contributed by atoms with Gasteiger partial charge >= 0.3 is 5.97 Å². The highest BCUT2D eigenvalue weighted by molar-refractivity contribution is 5.80. The molecule has 1 aromatic carbocycles. The molecule has 0 aromatic heterocycles. The average molecular weight is 252 g/mol. The molecule has 1 unspecified atom stereocenters. The Balaban J connectivity index is 3.16. The molecule has 0 amide bonds. The molecular weight excluding hydrogens is 239 g/mol. The van der Waals surface area contributed by atoms with Crippen LogP contribution in [0.5, 0.6) is 0 Å². The van der Waals surface area contributed by atoms with E-state index in [4.69, 9.17) is 5.11 Å². The van der Waals surface area contributed by atoms with Crippen LogP contribution in [-0.2, 0) is 4.79 Å². The molecule has 0 aliphatic heterocycles. The number of carboxylic acid groups (broad SMARTS) is 1. The van der Waals surface area contributed by atoms with Gasteiger partial charge in [-0.3, -0.25) is 0 Å². The van der Waals surface area contributed by atoms with Crippen molar-refractivity contribution < 1.29 is 14.3 Å². The molecule has 6 heteroatoms. The topological polar surface area (TPSA) is 70.0 Å². The molecule has 1 atom stereocenters. The first-order valence-corrected chi connectivity index (χ1v) is 5.23. The predicted molar refractivity (Wildman–Crippen MR) is 65.8 cm³/mol. The molecule has 0 aliphatic rings. The summed E-state index contributed by atoms with van der Waals surface area (Å²) in [6.07, 6.45) is 2.40. The zero-order valence-corrected chi connectivity index (χ0v) is 10.0. The lowest BCUT2D eigenvalue weighted by molar-refractivity contribution is -0.131. The number of aliphatic carboxylic acids is 1. The van der Waals surface area contributed by atoms with Crippen molar-refractivity contribution in [2.24, 2.45) is 5.29 Å². The number of hydrogen-bond donors (Lipinski definition) is 1. The Morgan fingerprint density at radius 1 is 1.56 bits per heavy atom. The first-order chi connectivity index (χ1) is 8.45. The van der Waals surface area contributed by atoms with E-state index in [1.807, 2.05) is 0 Å². The first kappa shape index (κ1) is 13.8. The average Bonchev–Trinajstić information content (AvgIpc) is 2.34. The molecule has 1 rings (SSSR count). The highest BCUT2D eigenvalue weighted by Crippen LogP contribution is 2.29. The van der Waals surface area contributed by atoms with Crippen molar-refractivity contribution >= 4 is 11.7 Å². The third kappa shape index (κ3) is 3.38. The number of hydrogen-bond acceptors (Lipinski definition) is 3. The smallest absolute Gasteiger partial charge is 0.327 e. The summed E-state index contributed by atoms with van der Waals surface area (Å²) in [6.45, 7) is 1.70. The number of anilines is 1. The molecule has 0 spiro atoms. The second-order valence-corrected chi connectivity index (χ2v) is 3.79. The van der Waals surface area contributed by atoms with Crippen molar-refractivity contribution in [3.63, 3.8) is 0 Å². The largest absolute Gasteiger partial charge is 0.478 e. The molecule has 96 valence electrons. The Kier molecular flexibility index (Phi) is 4.53. The van der Waals surface area contributed by atoms with E-state index < -0.39 is 11.8 Å². The van der Waals surface area contributed by atoms with E-state index in [1.165, 1.54) is 31.3 Å². The lowest BCUT2D eigenvalue weighted by Crippen LogP contribution is -2.11. The summed E-state index contributed by atoms with van der Waals surface area (Å²) in [6, 6.07) is 3.90. The summed E-state index contributed by atoms with van der Waals surface area (Å²) in [7, 11) is 1.44. The zero-order chi connectivity index (χ0) is 13.7. The van der Waals surface area contributed by atoms with Crippen LogP contribution in [0.3, 0.4) is 0 Å². The Hall–Kier alpha value is -2.24. The monoisotopic (exact) mass is 252 g/mol. The van der Waals surface area contributed by atoms with Crippen LogP contribution in [-0.4, -0.2) is 18.1 Å². The summed E-state index contributed by atoms with van der Waals surface area (Å²) in [5, 5.41) is 12.4. The van der Waals surface area contributed by atoms with E-state index in [0.29, 0.717) is 11.3 Å². The standard InChI is InChI=1S/C12H13FN2O3/c1-8(3-6-12(16)17)10-7-9(13)4-5-11(10)15(2)14-18/h3-8H,1-2H3,(H,16,17)/b6-3+. The highest BCUT2D eigenvalue weighted by Gasteiger charge is 2.13. The van der Waals surface area contributed by atoms with Gasteiger partial charge in [-0.25, -0.2) is 14.2 Å². The Labute approximate surface area is 103 Å². The van der Waals surface area contributed by atoms with Crippen molar-refractivity contribution in [1.29, 1.82) is 0 Å². The Morgan fingerprint density at radius 3 is 2.78 bits per heavy atom. The molecule has 1 N–H and O–H groups in total. The minimum absolute atomic E-state index is 0.351. The van der Waals surface area contributed by atoms with Crippen LogP contribution >= 0.6 is 0 Å². The summed E-state index contributed by atoms with van der Waals surface area (Å²) in [4.78, 5) is 20.9. The van der Waals surface area contributed by atoms with Crippen molar-refractivity contribution in [1.82, 2.24) is 0 Å². The fourth-order valence-electron chi connectivity index (χ4n) is 1.56. The number of nitrogens with zero attached hydrogens (tertiary/aromatic N) is 2. The van der Waals surface area contributed by atoms with E-state index in [1.54, 1.807) is 6.92 Å². The van der Waals surface area contributed by atoms with Gasteiger partial charge in [0.25, 0.3) is 0 Å². The van der Waals surface area contributed by atoms with E-state index in [-0.39, 0.29) is 5.92 Å². The van der Waals surface area contributed by atoms with Gasteiger partial charge in [-0.15, -0.1) is 4.91 Å². The maximum atomic E-state index is 13.2. The molecule has 18 heavy (non-hydrogen) atoms. The van der Waals surface area contributed by atoms with E-state index >= 15 is 0 Å². The van der Waals surface area contributed by atoms with Crippen LogP contribution in [0.25, 0.3) is 0 Å². The van der Waals surface area contributed by atoms with Gasteiger partial charge < -0.3 is 5.11 Å². The normalized spacial score (nSPS) is 12.4. The lowest BCUT2D eigenvalue weighted by atomic mass is 9.98. The molecule has 0 aliphatic carbocycles. The molecule has 0 radical (unpaired) electrons. The van der Waals surface area contributed by atoms with Gasteiger partial charge in [0, 0.05) is 19.0 Å². The Morgan fingerprint density at radius 2 is 2.22 bits per heavy atom. The molecule has 0 bridgehead atoms. The molecule has 0 heterocycles. The van der Waals surface area contributed by atoms with Gasteiger partial charge in [-0.1, -0.05) is 13.0 Å². The maximum Gasteiger partial charge on any atom is 0.327 e. The predicted octanol–water partition coefficient (Wildman–Crippen LogP) is 2.69. The number of nitroso groups, excluding NO2 is 1. The van der Waals surface area contributed by atoms with Crippen molar-refractivity contribution in [2.75, 3.05) is 12.1 Å². The van der Waals surface area contributed by atoms with E-state index in [0.717, 1.165) is 11.1 Å². The number of benzene rings is 1. The number of carboxylic acids is 1. The Bertz CT molecular complexity index is 488. The van der Waals surface area contributed by atoms with Gasteiger partial charge in [0.2, 0.25) is 0 Å². The SMILES string of the molecule is CC(/C=C/C(=O)O)c1cc(F)ccc1N(C)N=O. The van der Waals surface area contributed by atoms with Crippen LogP contribution in [0.4, 0.5) is 10.1 Å². The molecule has 0 fully saturated rings. The fourth-order valence-corrected chi connectivity index (χ4v) is 1.56. The van der Waals surface area contributed by atoms with Crippen LogP contribution in [0.15, 0.2) is 35.6 Å². The maximum absolute atomic E-state index is 13.2. The van der Waals surface area contributed by atoms with E-state index in [2.05, 4.69) is 5.29 Å². The summed E-state index contributed by atoms with van der Waals surface area (Å²) in [5.41, 5.74) is 0.934. The fraction of sp³-hybridized carbons (Fsp3) is 0.250. The highest BCUT2D eigenvalue weighted by atomic mass is 19.1. The molecule has 0 saturated heterocycles. The molecule has 0 saturated carbocycles. The van der Waals surface area contributed by atoms with Gasteiger partial charge in [-0.2, -0.15) is 0 Å². The number of rotatable bonds is 5. The van der Waals surface area contributed by atoms with Gasteiger partial charge in [0.1, 0.15) is 5.82 Å². The van der Waals surface area contributed by atoms with Crippen molar-refractivity contribution in [2.45, 2.75) is 12.8 Å². The number of allylic oxidation sites excluding steroid dienone is 1. The second-order valence-electron chi connectivity index (χ2n) is 3.79. The lowest BCUT2D eigenvalue weighted by Gasteiger charge is -2.17. The zero-order valence-electron chi connectivity index (χ0n) is 10.0. The minimum Gasteiger partial charge on any atom is -0.478 e. The molecular formula is C12H13FN2O3. The van der Waals surface area contributed by atoms with Crippen LogP contribution in [0, 0.1) is 10.7 Å². The molecule has 5 nitrogen and oxygen atoms in total. The van der Waals surface area contributed by atoms with Gasteiger partial charge in [0.05, 0.1) is 11.0 Å². The van der Waals surface area contributed by atoms with Gasteiger partial charge in [0.15, 0.2) is 0 Å². The summed E-state index contributed by atoms with van der Waals surface area (Å²) >= 11 is 0. The van der Waals surface area contributed by atoms with Crippen molar-refractivity contribution in [3.8, 4) is 0 Å².